The van der Waals surface area contributed by atoms with Crippen molar-refractivity contribution in [1.82, 2.24) is 0 Å². The van der Waals surface area contributed by atoms with Crippen molar-refractivity contribution in [3.8, 4) is 11.5 Å². The molecule has 0 aliphatic heterocycles. The lowest BCUT2D eigenvalue weighted by Gasteiger charge is -2.08. The van der Waals surface area contributed by atoms with Crippen LogP contribution in [-0.2, 0) is 0 Å². The van der Waals surface area contributed by atoms with Gasteiger partial charge in [-0.05, 0) is 24.6 Å². The lowest BCUT2D eigenvalue weighted by Crippen LogP contribution is -2.13. The number of phenolic OH excluding ortho intramolecular Hbond substituents is 1. The highest BCUT2D eigenvalue weighted by molar-refractivity contribution is 6.00. The van der Waals surface area contributed by atoms with Gasteiger partial charge in [0.1, 0.15) is 11.5 Å². The molecule has 4 nitrogen and oxygen atoms in total. The highest BCUT2D eigenvalue weighted by Crippen LogP contribution is 2.27. The van der Waals surface area contributed by atoms with Crippen LogP contribution in [0.5, 0.6) is 11.5 Å². The molecule has 1 rings (SSSR count). The third-order valence-electron chi connectivity index (χ3n) is 2.00. The fourth-order valence-electron chi connectivity index (χ4n) is 1.23. The summed E-state index contributed by atoms with van der Waals surface area (Å²) in [5, 5.41) is 9.48. The predicted octanol–water partition coefficient (Wildman–Crippen LogP) is 0.851. The number of carbonyl (C=O) groups is 1. The molecule has 0 saturated carbocycles. The molecule has 0 saturated heterocycles. The number of aromatic hydroxyl groups is 1. The molecule has 1 aromatic rings. The van der Waals surface area contributed by atoms with Crippen LogP contribution < -0.4 is 10.5 Å². The van der Waals surface area contributed by atoms with Gasteiger partial charge in [-0.25, -0.2) is 0 Å². The number of ether oxygens (including phenoxy) is 1. The third kappa shape index (κ3) is 1.85. The summed E-state index contributed by atoms with van der Waals surface area (Å²) in [5.74, 6) is 0.208. The molecular formula is C10H13NO3. The molecule has 0 radical (unpaired) electrons. The summed E-state index contributed by atoms with van der Waals surface area (Å²) in [7, 11) is 1.51. The van der Waals surface area contributed by atoms with Crippen LogP contribution >= 0.6 is 0 Å². The smallest absolute Gasteiger partial charge is 0.180 e. The van der Waals surface area contributed by atoms with Gasteiger partial charge in [0.15, 0.2) is 5.78 Å². The standard InChI is InChI=1S/C10H13NO3/c1-6-3-8(12)7(9(13)5-11)4-10(6)14-2/h3-4,12H,5,11H2,1-2H3. The topological polar surface area (TPSA) is 72.5 Å². The third-order valence-corrected chi connectivity index (χ3v) is 2.00. The van der Waals surface area contributed by atoms with Gasteiger partial charge in [-0.3, -0.25) is 4.79 Å². The first-order valence-corrected chi connectivity index (χ1v) is 4.21. The zero-order valence-electron chi connectivity index (χ0n) is 8.20. The van der Waals surface area contributed by atoms with Gasteiger partial charge in [-0.2, -0.15) is 0 Å². The van der Waals surface area contributed by atoms with Gasteiger partial charge < -0.3 is 15.6 Å². The Morgan fingerprint density at radius 1 is 1.57 bits per heavy atom. The summed E-state index contributed by atoms with van der Waals surface area (Å²) >= 11 is 0. The number of hydrogen-bond donors (Lipinski definition) is 2. The van der Waals surface area contributed by atoms with E-state index < -0.39 is 0 Å². The van der Waals surface area contributed by atoms with E-state index in [2.05, 4.69) is 0 Å². The van der Waals surface area contributed by atoms with Crippen LogP contribution in [0.2, 0.25) is 0 Å². The molecule has 4 heteroatoms. The Balaban J connectivity index is 3.24. The number of aryl methyl sites for hydroxylation is 1. The molecule has 0 heterocycles. The van der Waals surface area contributed by atoms with E-state index in [4.69, 9.17) is 10.5 Å². The number of nitrogens with two attached hydrogens (primary N) is 1. The number of phenols is 1. The lowest BCUT2D eigenvalue weighted by atomic mass is 10.1. The molecule has 3 N–H and O–H groups in total. The maximum atomic E-state index is 11.3. The normalized spacial score (nSPS) is 9.93. The monoisotopic (exact) mass is 195 g/mol. The number of carbonyl (C=O) groups excluding carboxylic acids is 1. The second-order valence-electron chi connectivity index (χ2n) is 2.97. The molecule has 1 aromatic carbocycles. The summed E-state index contributed by atoms with van der Waals surface area (Å²) in [4.78, 5) is 11.3. The van der Waals surface area contributed by atoms with Crippen LogP contribution in [0.4, 0.5) is 0 Å². The van der Waals surface area contributed by atoms with Gasteiger partial charge >= 0.3 is 0 Å². The number of ketones is 1. The van der Waals surface area contributed by atoms with Crippen molar-refractivity contribution < 1.29 is 14.6 Å². The van der Waals surface area contributed by atoms with Gasteiger partial charge in [0.05, 0.1) is 19.2 Å². The molecule has 0 aliphatic carbocycles. The van der Waals surface area contributed by atoms with E-state index >= 15 is 0 Å². The van der Waals surface area contributed by atoms with Gasteiger partial charge in [-0.1, -0.05) is 0 Å². The Kier molecular flexibility index (Phi) is 3.09. The van der Waals surface area contributed by atoms with E-state index in [0.29, 0.717) is 5.75 Å². The number of methoxy groups -OCH3 is 1. The van der Waals surface area contributed by atoms with Crippen molar-refractivity contribution in [2.75, 3.05) is 13.7 Å². The van der Waals surface area contributed by atoms with Gasteiger partial charge in [0.25, 0.3) is 0 Å². The number of rotatable bonds is 3. The summed E-state index contributed by atoms with van der Waals surface area (Å²) in [6, 6.07) is 2.99. The largest absolute Gasteiger partial charge is 0.507 e. The Hall–Kier alpha value is -1.55. The van der Waals surface area contributed by atoms with E-state index in [1.54, 1.807) is 6.92 Å². The van der Waals surface area contributed by atoms with Crippen molar-refractivity contribution in [3.05, 3.63) is 23.3 Å². The minimum atomic E-state index is -0.305. The van der Waals surface area contributed by atoms with Crippen LogP contribution in [0, 0.1) is 6.92 Å². The zero-order valence-corrected chi connectivity index (χ0v) is 8.20. The molecule has 0 unspecified atom stereocenters. The van der Waals surface area contributed by atoms with Crippen LogP contribution in [-0.4, -0.2) is 24.5 Å². The maximum Gasteiger partial charge on any atom is 0.180 e. The van der Waals surface area contributed by atoms with E-state index in [1.165, 1.54) is 19.2 Å². The first-order chi connectivity index (χ1) is 6.60. The second-order valence-corrected chi connectivity index (χ2v) is 2.97. The van der Waals surface area contributed by atoms with Crippen molar-refractivity contribution in [2.24, 2.45) is 5.73 Å². The van der Waals surface area contributed by atoms with Gasteiger partial charge in [0.2, 0.25) is 0 Å². The minimum absolute atomic E-state index is 0.0567. The van der Waals surface area contributed by atoms with Gasteiger partial charge in [0, 0.05) is 0 Å². The van der Waals surface area contributed by atoms with E-state index in [-0.39, 0.29) is 23.6 Å². The SMILES string of the molecule is COc1cc(C(=O)CN)c(O)cc1C. The Bertz CT molecular complexity index is 361. The average Bonchev–Trinajstić information content (AvgIpc) is 2.17. The van der Waals surface area contributed by atoms with E-state index in [1.807, 2.05) is 0 Å². The molecule has 14 heavy (non-hydrogen) atoms. The highest BCUT2D eigenvalue weighted by Gasteiger charge is 2.12. The number of benzene rings is 1. The average molecular weight is 195 g/mol. The molecule has 0 amide bonds. The molecule has 0 fully saturated rings. The quantitative estimate of drug-likeness (QED) is 0.701. The van der Waals surface area contributed by atoms with E-state index in [0.717, 1.165) is 5.56 Å². The fourth-order valence-corrected chi connectivity index (χ4v) is 1.23. The zero-order chi connectivity index (χ0) is 10.7. The Morgan fingerprint density at radius 3 is 2.71 bits per heavy atom. The summed E-state index contributed by atoms with van der Waals surface area (Å²) < 4.78 is 5.03. The molecule has 76 valence electrons. The van der Waals surface area contributed by atoms with Crippen LogP contribution in [0.3, 0.4) is 0 Å². The van der Waals surface area contributed by atoms with Gasteiger partial charge in [-0.15, -0.1) is 0 Å². The molecule has 0 aromatic heterocycles. The van der Waals surface area contributed by atoms with Crippen molar-refractivity contribution >= 4 is 5.78 Å². The first-order valence-electron chi connectivity index (χ1n) is 4.21. The van der Waals surface area contributed by atoms with Crippen LogP contribution in [0.25, 0.3) is 0 Å². The fraction of sp³-hybridized carbons (Fsp3) is 0.300. The minimum Gasteiger partial charge on any atom is -0.507 e. The number of hydrogen-bond acceptors (Lipinski definition) is 4. The lowest BCUT2D eigenvalue weighted by molar-refractivity contribution is 0.0998. The molecular weight excluding hydrogens is 182 g/mol. The molecule has 0 aliphatic rings. The Morgan fingerprint density at radius 2 is 2.21 bits per heavy atom. The second kappa shape index (κ2) is 4.11. The van der Waals surface area contributed by atoms with Crippen LogP contribution in [0.1, 0.15) is 15.9 Å². The highest BCUT2D eigenvalue weighted by atomic mass is 16.5. The summed E-state index contributed by atoms with van der Waals surface area (Å²) in [6.45, 7) is 1.66. The van der Waals surface area contributed by atoms with E-state index in [9.17, 15) is 9.90 Å². The number of Topliss-reactive ketones (excluding diaryl/α,β-unsaturated/α-hetero) is 1. The molecule has 0 atom stereocenters. The maximum absolute atomic E-state index is 11.3. The predicted molar refractivity (Wildman–Crippen MR) is 52.8 cm³/mol. The first kappa shape index (κ1) is 10.5. The van der Waals surface area contributed by atoms with Crippen molar-refractivity contribution in [2.45, 2.75) is 6.92 Å². The summed E-state index contributed by atoms with van der Waals surface area (Å²) in [5.41, 5.74) is 6.18. The molecule has 0 spiro atoms. The Labute approximate surface area is 82.3 Å². The van der Waals surface area contributed by atoms with Crippen LogP contribution in [0.15, 0.2) is 12.1 Å². The summed E-state index contributed by atoms with van der Waals surface area (Å²) in [6.07, 6.45) is 0. The molecule has 0 bridgehead atoms. The van der Waals surface area contributed by atoms with Crippen molar-refractivity contribution in [1.29, 1.82) is 0 Å². The van der Waals surface area contributed by atoms with Crippen molar-refractivity contribution in [3.63, 3.8) is 0 Å².